The van der Waals surface area contributed by atoms with Crippen LogP contribution in [0.25, 0.3) is 0 Å². The number of rotatable bonds is 1. The summed E-state index contributed by atoms with van der Waals surface area (Å²) in [5, 5.41) is 0. The van der Waals surface area contributed by atoms with Crippen molar-refractivity contribution in [3.63, 3.8) is 0 Å². The molecule has 1 saturated carbocycles. The molecule has 0 aliphatic heterocycles. The molecule has 2 N–H and O–H groups in total. The average molecular weight is 113 g/mol. The molecule has 0 aromatic heterocycles. The zero-order chi connectivity index (χ0) is 6.15. The predicted molar refractivity (Wildman–Crippen MR) is 35.5 cm³/mol. The normalized spacial score (nSPS) is 46.1. The summed E-state index contributed by atoms with van der Waals surface area (Å²) in [6.45, 7) is 4.45. The summed E-state index contributed by atoms with van der Waals surface area (Å²) in [5.41, 5.74) is 5.78. The molecule has 0 saturated heterocycles. The SMILES string of the molecule is CCC1CC(C)C1N. The molecule has 0 heterocycles. The van der Waals surface area contributed by atoms with E-state index in [9.17, 15) is 0 Å². The zero-order valence-electron chi connectivity index (χ0n) is 5.72. The van der Waals surface area contributed by atoms with Gasteiger partial charge in [-0.15, -0.1) is 0 Å². The predicted octanol–water partition coefficient (Wildman–Crippen LogP) is 1.38. The maximum atomic E-state index is 5.78. The van der Waals surface area contributed by atoms with Crippen molar-refractivity contribution in [2.45, 2.75) is 32.7 Å². The average Bonchev–Trinajstić information content (AvgIpc) is 1.81. The van der Waals surface area contributed by atoms with Crippen LogP contribution in [0, 0.1) is 11.8 Å². The van der Waals surface area contributed by atoms with Crippen LogP contribution in [0.15, 0.2) is 0 Å². The third-order valence-corrected chi connectivity index (χ3v) is 2.40. The van der Waals surface area contributed by atoms with Crippen molar-refractivity contribution in [2.75, 3.05) is 0 Å². The Labute approximate surface area is 51.3 Å². The molecule has 3 atom stereocenters. The molecule has 0 aromatic rings. The molecule has 1 aliphatic rings. The van der Waals surface area contributed by atoms with Gasteiger partial charge in [0, 0.05) is 6.04 Å². The quantitative estimate of drug-likeness (QED) is 0.546. The molecular formula is C7H15N. The molecule has 0 bridgehead atoms. The van der Waals surface area contributed by atoms with E-state index in [0.717, 1.165) is 11.8 Å². The Balaban J connectivity index is 2.25. The van der Waals surface area contributed by atoms with Gasteiger partial charge >= 0.3 is 0 Å². The van der Waals surface area contributed by atoms with Gasteiger partial charge in [-0.25, -0.2) is 0 Å². The van der Waals surface area contributed by atoms with Gasteiger partial charge in [0.15, 0.2) is 0 Å². The van der Waals surface area contributed by atoms with Gasteiger partial charge in [0.1, 0.15) is 0 Å². The smallest absolute Gasteiger partial charge is 0.00931 e. The second-order valence-electron chi connectivity index (χ2n) is 2.96. The van der Waals surface area contributed by atoms with E-state index in [2.05, 4.69) is 13.8 Å². The van der Waals surface area contributed by atoms with Crippen molar-refractivity contribution in [3.8, 4) is 0 Å². The van der Waals surface area contributed by atoms with Gasteiger partial charge in [-0.05, 0) is 18.3 Å². The van der Waals surface area contributed by atoms with Crippen LogP contribution in [-0.2, 0) is 0 Å². The highest BCUT2D eigenvalue weighted by atomic mass is 14.7. The largest absolute Gasteiger partial charge is 0.327 e. The Morgan fingerprint density at radius 3 is 2.38 bits per heavy atom. The maximum absolute atomic E-state index is 5.78. The molecular weight excluding hydrogens is 98.1 g/mol. The van der Waals surface area contributed by atoms with Crippen LogP contribution in [-0.4, -0.2) is 6.04 Å². The number of hydrogen-bond acceptors (Lipinski definition) is 1. The second kappa shape index (κ2) is 2.06. The third-order valence-electron chi connectivity index (χ3n) is 2.40. The molecule has 0 spiro atoms. The van der Waals surface area contributed by atoms with E-state index in [1.165, 1.54) is 12.8 Å². The summed E-state index contributed by atoms with van der Waals surface area (Å²) in [6, 6.07) is 0.514. The van der Waals surface area contributed by atoms with Gasteiger partial charge in [0.2, 0.25) is 0 Å². The lowest BCUT2D eigenvalue weighted by Crippen LogP contribution is -2.46. The minimum Gasteiger partial charge on any atom is -0.327 e. The maximum Gasteiger partial charge on any atom is 0.00931 e. The fourth-order valence-corrected chi connectivity index (χ4v) is 1.50. The molecule has 3 unspecified atom stereocenters. The summed E-state index contributed by atoms with van der Waals surface area (Å²) < 4.78 is 0. The minimum absolute atomic E-state index is 0.514. The second-order valence-corrected chi connectivity index (χ2v) is 2.96. The Morgan fingerprint density at radius 1 is 1.62 bits per heavy atom. The molecule has 1 heteroatoms. The molecule has 8 heavy (non-hydrogen) atoms. The molecule has 0 aromatic carbocycles. The van der Waals surface area contributed by atoms with E-state index in [-0.39, 0.29) is 0 Å². The van der Waals surface area contributed by atoms with Gasteiger partial charge in [0.05, 0.1) is 0 Å². The van der Waals surface area contributed by atoms with Crippen LogP contribution in [0.4, 0.5) is 0 Å². The van der Waals surface area contributed by atoms with Gasteiger partial charge in [0.25, 0.3) is 0 Å². The minimum atomic E-state index is 0.514. The lowest BCUT2D eigenvalue weighted by atomic mass is 9.70. The highest BCUT2D eigenvalue weighted by Gasteiger charge is 2.32. The Hall–Kier alpha value is -0.0400. The molecule has 1 rings (SSSR count). The summed E-state index contributed by atoms with van der Waals surface area (Å²) >= 11 is 0. The lowest BCUT2D eigenvalue weighted by Gasteiger charge is -2.39. The van der Waals surface area contributed by atoms with E-state index in [1.807, 2.05) is 0 Å². The van der Waals surface area contributed by atoms with Gasteiger partial charge < -0.3 is 5.73 Å². The van der Waals surface area contributed by atoms with E-state index in [4.69, 9.17) is 5.73 Å². The molecule has 0 amide bonds. The van der Waals surface area contributed by atoms with Crippen molar-refractivity contribution in [2.24, 2.45) is 17.6 Å². The highest BCUT2D eigenvalue weighted by Crippen LogP contribution is 2.33. The molecule has 1 aliphatic carbocycles. The van der Waals surface area contributed by atoms with Gasteiger partial charge in [-0.2, -0.15) is 0 Å². The first kappa shape index (κ1) is 6.09. The van der Waals surface area contributed by atoms with Crippen LogP contribution < -0.4 is 5.73 Å². The van der Waals surface area contributed by atoms with Crippen molar-refractivity contribution >= 4 is 0 Å². The molecule has 0 radical (unpaired) electrons. The Morgan fingerprint density at radius 2 is 2.25 bits per heavy atom. The van der Waals surface area contributed by atoms with Crippen LogP contribution in [0.2, 0.25) is 0 Å². The van der Waals surface area contributed by atoms with Crippen molar-refractivity contribution in [3.05, 3.63) is 0 Å². The first-order valence-electron chi connectivity index (χ1n) is 3.51. The van der Waals surface area contributed by atoms with E-state index >= 15 is 0 Å². The summed E-state index contributed by atoms with van der Waals surface area (Å²) in [7, 11) is 0. The summed E-state index contributed by atoms with van der Waals surface area (Å²) in [6.07, 6.45) is 2.63. The Kier molecular flexibility index (Phi) is 1.57. The van der Waals surface area contributed by atoms with Crippen LogP contribution in [0.3, 0.4) is 0 Å². The standard InChI is InChI=1S/C7H15N/c1-3-6-4-5(2)7(6)8/h5-7H,3-4,8H2,1-2H3. The van der Waals surface area contributed by atoms with Crippen LogP contribution >= 0.6 is 0 Å². The first-order valence-corrected chi connectivity index (χ1v) is 3.51. The fourth-order valence-electron chi connectivity index (χ4n) is 1.50. The highest BCUT2D eigenvalue weighted by molar-refractivity contribution is 4.88. The first-order chi connectivity index (χ1) is 3.75. The number of hydrogen-bond donors (Lipinski definition) is 1. The third kappa shape index (κ3) is 0.752. The van der Waals surface area contributed by atoms with Gasteiger partial charge in [-0.3, -0.25) is 0 Å². The lowest BCUT2D eigenvalue weighted by molar-refractivity contribution is 0.156. The van der Waals surface area contributed by atoms with Crippen molar-refractivity contribution < 1.29 is 0 Å². The molecule has 48 valence electrons. The molecule has 1 fully saturated rings. The summed E-state index contributed by atoms with van der Waals surface area (Å²) in [4.78, 5) is 0. The van der Waals surface area contributed by atoms with E-state index in [1.54, 1.807) is 0 Å². The monoisotopic (exact) mass is 113 g/mol. The zero-order valence-corrected chi connectivity index (χ0v) is 5.72. The fraction of sp³-hybridized carbons (Fsp3) is 1.00. The van der Waals surface area contributed by atoms with Crippen LogP contribution in [0.1, 0.15) is 26.7 Å². The van der Waals surface area contributed by atoms with Crippen molar-refractivity contribution in [1.29, 1.82) is 0 Å². The summed E-state index contributed by atoms with van der Waals surface area (Å²) in [5.74, 6) is 1.63. The topological polar surface area (TPSA) is 26.0 Å². The Bertz CT molecular complexity index is 80.5. The van der Waals surface area contributed by atoms with Gasteiger partial charge in [-0.1, -0.05) is 20.3 Å². The van der Waals surface area contributed by atoms with E-state index < -0.39 is 0 Å². The molecule has 1 nitrogen and oxygen atoms in total. The van der Waals surface area contributed by atoms with Crippen molar-refractivity contribution in [1.82, 2.24) is 0 Å². The van der Waals surface area contributed by atoms with Crippen LogP contribution in [0.5, 0.6) is 0 Å². The number of nitrogens with two attached hydrogens (primary N) is 1. The van der Waals surface area contributed by atoms with E-state index in [0.29, 0.717) is 6.04 Å².